The van der Waals surface area contributed by atoms with E-state index in [0.29, 0.717) is 22.2 Å². The van der Waals surface area contributed by atoms with Gasteiger partial charge in [-0.05, 0) is 56.5 Å². The van der Waals surface area contributed by atoms with Crippen LogP contribution in [0.1, 0.15) is 50.2 Å². The Morgan fingerprint density at radius 3 is 2.47 bits per heavy atom. The molecule has 2 aromatic carbocycles. The van der Waals surface area contributed by atoms with Crippen molar-refractivity contribution in [3.05, 3.63) is 63.6 Å². The lowest BCUT2D eigenvalue weighted by Crippen LogP contribution is -2.49. The molecule has 0 unspecified atom stereocenters. The number of carbonyl (C=O) groups is 2. The first-order chi connectivity index (χ1) is 15.3. The van der Waals surface area contributed by atoms with E-state index in [9.17, 15) is 9.59 Å². The summed E-state index contributed by atoms with van der Waals surface area (Å²) in [6.45, 7) is 4.11. The zero-order chi connectivity index (χ0) is 23.1. The zero-order valence-electron chi connectivity index (χ0n) is 18.6. The Balaban J connectivity index is 1.68. The van der Waals surface area contributed by atoms with E-state index in [1.807, 2.05) is 6.07 Å². The van der Waals surface area contributed by atoms with Crippen molar-refractivity contribution in [2.45, 2.75) is 69.5 Å². The molecule has 7 heteroatoms. The lowest BCUT2D eigenvalue weighted by molar-refractivity contribution is -0.140. The van der Waals surface area contributed by atoms with E-state index in [0.717, 1.165) is 36.1 Å². The number of halogens is 2. The average Bonchev–Trinajstić information content (AvgIpc) is 3.27. The molecule has 1 saturated carbocycles. The third-order valence-corrected chi connectivity index (χ3v) is 7.43. The summed E-state index contributed by atoms with van der Waals surface area (Å²) in [6.07, 6.45) is 4.62. The Bertz CT molecular complexity index is 930. The first kappa shape index (κ1) is 24.9. The summed E-state index contributed by atoms with van der Waals surface area (Å²) < 4.78 is 0. The number of rotatable bonds is 9. The van der Waals surface area contributed by atoms with Crippen molar-refractivity contribution >= 4 is 46.8 Å². The molecule has 0 heterocycles. The molecule has 3 rings (SSSR count). The van der Waals surface area contributed by atoms with Crippen LogP contribution in [0.15, 0.2) is 47.4 Å². The SMILES string of the molecule is Cc1ccc(SCCC(=O)N(Cc2ccc(Cl)cc2Cl)[C@H](C)C(=O)NC2CCCC2)cc1. The fourth-order valence-corrected chi connectivity index (χ4v) is 5.15. The Kier molecular flexibility index (Phi) is 9.33. The highest BCUT2D eigenvalue weighted by Crippen LogP contribution is 2.25. The highest BCUT2D eigenvalue weighted by molar-refractivity contribution is 7.99. The number of nitrogens with zero attached hydrogens (tertiary/aromatic N) is 1. The average molecular weight is 494 g/mol. The van der Waals surface area contributed by atoms with Crippen LogP contribution < -0.4 is 5.32 Å². The summed E-state index contributed by atoms with van der Waals surface area (Å²) in [5, 5.41) is 4.15. The first-order valence-electron chi connectivity index (χ1n) is 11.1. The Labute approximate surface area is 205 Å². The zero-order valence-corrected chi connectivity index (χ0v) is 20.9. The number of amides is 2. The molecule has 4 nitrogen and oxygen atoms in total. The molecule has 0 spiro atoms. The van der Waals surface area contributed by atoms with E-state index in [-0.39, 0.29) is 24.4 Å². The molecule has 1 aliphatic rings. The third-order valence-electron chi connectivity index (χ3n) is 5.83. The molecule has 0 aliphatic heterocycles. The fourth-order valence-electron chi connectivity index (χ4n) is 3.84. The molecule has 1 N–H and O–H groups in total. The van der Waals surface area contributed by atoms with Gasteiger partial charge < -0.3 is 10.2 Å². The van der Waals surface area contributed by atoms with Crippen LogP contribution in [-0.4, -0.2) is 34.6 Å². The maximum atomic E-state index is 13.2. The van der Waals surface area contributed by atoms with Crippen molar-refractivity contribution in [1.82, 2.24) is 10.2 Å². The van der Waals surface area contributed by atoms with Crippen LogP contribution in [0, 0.1) is 6.92 Å². The monoisotopic (exact) mass is 492 g/mol. The number of nitrogens with one attached hydrogen (secondary N) is 1. The molecule has 0 bridgehead atoms. The van der Waals surface area contributed by atoms with Crippen molar-refractivity contribution in [2.75, 3.05) is 5.75 Å². The Hall–Kier alpha value is -1.69. The maximum Gasteiger partial charge on any atom is 0.242 e. The smallest absolute Gasteiger partial charge is 0.242 e. The second-order valence-corrected chi connectivity index (χ2v) is 10.3. The number of carbonyl (C=O) groups excluding carboxylic acids is 2. The van der Waals surface area contributed by atoms with Crippen LogP contribution in [0.3, 0.4) is 0 Å². The summed E-state index contributed by atoms with van der Waals surface area (Å²) in [4.78, 5) is 28.9. The fraction of sp³-hybridized carbons (Fsp3) is 0.440. The normalized spacial score (nSPS) is 14.9. The minimum absolute atomic E-state index is 0.0651. The Morgan fingerprint density at radius 2 is 1.81 bits per heavy atom. The minimum atomic E-state index is -0.584. The minimum Gasteiger partial charge on any atom is -0.352 e. The van der Waals surface area contributed by atoms with Crippen LogP contribution in [-0.2, 0) is 16.1 Å². The van der Waals surface area contributed by atoms with Crippen LogP contribution in [0.2, 0.25) is 10.0 Å². The number of aryl methyl sites for hydroxylation is 1. The standard InChI is InChI=1S/C25H30Cl2N2O2S/c1-17-7-11-22(12-8-17)32-14-13-24(30)29(16-19-9-10-20(26)15-23(19)27)18(2)25(31)28-21-5-3-4-6-21/h7-12,15,18,21H,3-6,13-14,16H2,1-2H3,(H,28,31)/t18-/m1/s1. The molecule has 1 atom stereocenters. The van der Waals surface area contributed by atoms with Crippen LogP contribution in [0.25, 0.3) is 0 Å². The first-order valence-corrected chi connectivity index (χ1v) is 12.8. The lowest BCUT2D eigenvalue weighted by atomic mass is 10.1. The topological polar surface area (TPSA) is 49.4 Å². The van der Waals surface area contributed by atoms with Crippen molar-refractivity contribution in [1.29, 1.82) is 0 Å². The van der Waals surface area contributed by atoms with Gasteiger partial charge in [-0.3, -0.25) is 9.59 Å². The summed E-state index contributed by atoms with van der Waals surface area (Å²) in [5.41, 5.74) is 1.98. The molecule has 2 amide bonds. The summed E-state index contributed by atoms with van der Waals surface area (Å²) >= 11 is 14.0. The van der Waals surface area contributed by atoms with E-state index in [2.05, 4.69) is 36.5 Å². The molecule has 32 heavy (non-hydrogen) atoms. The third kappa shape index (κ3) is 7.16. The quantitative estimate of drug-likeness (QED) is 0.420. The lowest BCUT2D eigenvalue weighted by Gasteiger charge is -2.30. The van der Waals surface area contributed by atoms with Gasteiger partial charge in [0.15, 0.2) is 0 Å². The summed E-state index contributed by atoms with van der Waals surface area (Å²) in [7, 11) is 0. The molecule has 0 aromatic heterocycles. The van der Waals surface area contributed by atoms with Gasteiger partial charge in [-0.1, -0.05) is 59.8 Å². The van der Waals surface area contributed by atoms with Gasteiger partial charge in [-0.2, -0.15) is 0 Å². The van der Waals surface area contributed by atoms with E-state index >= 15 is 0 Å². The molecule has 2 aromatic rings. The van der Waals surface area contributed by atoms with Crippen molar-refractivity contribution in [3.63, 3.8) is 0 Å². The highest BCUT2D eigenvalue weighted by atomic mass is 35.5. The largest absolute Gasteiger partial charge is 0.352 e. The summed E-state index contributed by atoms with van der Waals surface area (Å²) in [6, 6.07) is 13.1. The van der Waals surface area contributed by atoms with Crippen LogP contribution >= 0.6 is 35.0 Å². The molecular weight excluding hydrogens is 463 g/mol. The Morgan fingerprint density at radius 1 is 1.12 bits per heavy atom. The number of thioether (sulfide) groups is 1. The van der Waals surface area contributed by atoms with E-state index in [1.54, 1.807) is 35.7 Å². The van der Waals surface area contributed by atoms with Gasteiger partial charge in [0.2, 0.25) is 11.8 Å². The van der Waals surface area contributed by atoms with E-state index in [4.69, 9.17) is 23.2 Å². The molecule has 172 valence electrons. The predicted octanol–water partition coefficient (Wildman–Crippen LogP) is 6.26. The van der Waals surface area contributed by atoms with E-state index < -0.39 is 6.04 Å². The molecular formula is C25H30Cl2N2O2S. The molecule has 1 aliphatic carbocycles. The molecule has 0 radical (unpaired) electrons. The maximum absolute atomic E-state index is 13.2. The van der Waals surface area contributed by atoms with Crippen LogP contribution in [0.5, 0.6) is 0 Å². The second-order valence-electron chi connectivity index (χ2n) is 8.33. The van der Waals surface area contributed by atoms with E-state index in [1.165, 1.54) is 5.56 Å². The van der Waals surface area contributed by atoms with Gasteiger partial charge in [-0.15, -0.1) is 11.8 Å². The van der Waals surface area contributed by atoms with Gasteiger partial charge in [0.05, 0.1) is 0 Å². The molecule has 1 fully saturated rings. The highest BCUT2D eigenvalue weighted by Gasteiger charge is 2.28. The van der Waals surface area contributed by atoms with Gasteiger partial charge in [0.1, 0.15) is 6.04 Å². The van der Waals surface area contributed by atoms with Gasteiger partial charge >= 0.3 is 0 Å². The van der Waals surface area contributed by atoms with Gasteiger partial charge in [0.25, 0.3) is 0 Å². The van der Waals surface area contributed by atoms with Crippen molar-refractivity contribution in [3.8, 4) is 0 Å². The second kappa shape index (κ2) is 12.0. The van der Waals surface area contributed by atoms with Crippen molar-refractivity contribution in [2.24, 2.45) is 0 Å². The summed E-state index contributed by atoms with van der Waals surface area (Å²) in [5.74, 6) is 0.468. The van der Waals surface area contributed by atoms with Crippen LogP contribution in [0.4, 0.5) is 0 Å². The van der Waals surface area contributed by atoms with Gasteiger partial charge in [0, 0.05) is 39.7 Å². The number of benzene rings is 2. The van der Waals surface area contributed by atoms with Crippen molar-refractivity contribution < 1.29 is 9.59 Å². The number of hydrogen-bond donors (Lipinski definition) is 1. The predicted molar refractivity (Wildman–Crippen MR) is 133 cm³/mol. The number of hydrogen-bond acceptors (Lipinski definition) is 3. The van der Waals surface area contributed by atoms with Gasteiger partial charge in [-0.25, -0.2) is 0 Å². The molecule has 0 saturated heterocycles.